The van der Waals surface area contributed by atoms with Crippen LogP contribution in [0.25, 0.3) is 0 Å². The topological polar surface area (TPSA) is 70.2 Å². The lowest BCUT2D eigenvalue weighted by Gasteiger charge is -2.14. The second-order valence-corrected chi connectivity index (χ2v) is 3.80. The molecule has 0 rings (SSSR count). The maximum atomic E-state index is 11.8. The summed E-state index contributed by atoms with van der Waals surface area (Å²) in [5, 5.41) is 6.80. The summed E-state index contributed by atoms with van der Waals surface area (Å²) in [7, 11) is 0. The molecule has 106 valence electrons. The number of halogens is 3. The smallest absolute Gasteiger partial charge is 0.354 e. The number of carbonyl (C=O) groups is 2. The number of rotatable bonds is 7. The molecule has 0 aromatic rings. The van der Waals surface area contributed by atoms with E-state index in [1.165, 1.54) is 6.92 Å². The van der Waals surface area contributed by atoms with Crippen molar-refractivity contribution in [3.05, 3.63) is 0 Å². The van der Waals surface area contributed by atoms with Gasteiger partial charge in [-0.3, -0.25) is 9.59 Å². The fourth-order valence-electron chi connectivity index (χ4n) is 1.08. The predicted molar refractivity (Wildman–Crippen MR) is 59.8 cm³/mol. The van der Waals surface area contributed by atoms with E-state index in [-0.39, 0.29) is 5.91 Å². The van der Waals surface area contributed by atoms with Crippen molar-refractivity contribution < 1.29 is 22.8 Å². The molecule has 0 spiro atoms. The Labute approximate surface area is 103 Å². The third-order valence-electron chi connectivity index (χ3n) is 1.93. The molecule has 0 aliphatic carbocycles. The second kappa shape index (κ2) is 7.91. The van der Waals surface area contributed by atoms with Crippen molar-refractivity contribution in [3.63, 3.8) is 0 Å². The Morgan fingerprint density at radius 1 is 1.28 bits per heavy atom. The zero-order valence-electron chi connectivity index (χ0n) is 10.4. The third kappa shape index (κ3) is 8.80. The number of carbonyl (C=O) groups excluding carboxylic acids is 2. The summed E-state index contributed by atoms with van der Waals surface area (Å²) in [4.78, 5) is 22.5. The van der Waals surface area contributed by atoms with E-state index in [0.717, 1.165) is 6.42 Å². The van der Waals surface area contributed by atoms with Crippen LogP contribution >= 0.6 is 0 Å². The van der Waals surface area contributed by atoms with Gasteiger partial charge in [0.05, 0.1) is 13.1 Å². The van der Waals surface area contributed by atoms with Crippen molar-refractivity contribution in [2.24, 2.45) is 0 Å². The maximum Gasteiger partial charge on any atom is 0.401 e. The lowest BCUT2D eigenvalue weighted by molar-refractivity contribution is -0.131. The van der Waals surface area contributed by atoms with Gasteiger partial charge in [-0.2, -0.15) is 13.2 Å². The third-order valence-corrected chi connectivity index (χ3v) is 1.93. The average Bonchev–Trinajstić information content (AvgIpc) is 2.23. The van der Waals surface area contributed by atoms with Gasteiger partial charge in [0.2, 0.25) is 11.8 Å². The van der Waals surface area contributed by atoms with E-state index in [0.29, 0.717) is 6.54 Å². The van der Waals surface area contributed by atoms with Gasteiger partial charge in [0.15, 0.2) is 0 Å². The highest BCUT2D eigenvalue weighted by atomic mass is 19.4. The minimum absolute atomic E-state index is 0.360. The molecule has 0 aromatic carbocycles. The molecule has 2 amide bonds. The van der Waals surface area contributed by atoms with E-state index < -0.39 is 31.2 Å². The van der Waals surface area contributed by atoms with Gasteiger partial charge in [-0.25, -0.2) is 0 Å². The number of hydrogen-bond donors (Lipinski definition) is 3. The highest BCUT2D eigenvalue weighted by Crippen LogP contribution is 2.11. The molecule has 8 heteroatoms. The van der Waals surface area contributed by atoms with Crippen LogP contribution in [-0.4, -0.2) is 43.7 Å². The molecule has 18 heavy (non-hydrogen) atoms. The van der Waals surface area contributed by atoms with Crippen LogP contribution in [0, 0.1) is 0 Å². The molecular weight excluding hydrogens is 251 g/mol. The van der Waals surface area contributed by atoms with Gasteiger partial charge >= 0.3 is 6.18 Å². The molecule has 0 saturated carbocycles. The Balaban J connectivity index is 3.83. The fraction of sp³-hybridized carbons (Fsp3) is 0.800. The molecule has 0 aliphatic rings. The van der Waals surface area contributed by atoms with Crippen LogP contribution in [0.3, 0.4) is 0 Å². The van der Waals surface area contributed by atoms with Crippen molar-refractivity contribution in [3.8, 4) is 0 Å². The average molecular weight is 269 g/mol. The molecule has 1 atom stereocenters. The molecule has 5 nitrogen and oxygen atoms in total. The van der Waals surface area contributed by atoms with Crippen LogP contribution < -0.4 is 16.0 Å². The lowest BCUT2D eigenvalue weighted by Crippen LogP contribution is -2.48. The molecule has 0 bridgehead atoms. The first kappa shape index (κ1) is 16.7. The monoisotopic (exact) mass is 269 g/mol. The van der Waals surface area contributed by atoms with Gasteiger partial charge in [-0.15, -0.1) is 0 Å². The molecule has 0 saturated heterocycles. The summed E-state index contributed by atoms with van der Waals surface area (Å²) in [6.07, 6.45) is -3.59. The molecule has 3 N–H and O–H groups in total. The Bertz CT molecular complexity index is 282. The van der Waals surface area contributed by atoms with Crippen molar-refractivity contribution >= 4 is 11.8 Å². The van der Waals surface area contributed by atoms with Crippen molar-refractivity contribution in [2.45, 2.75) is 32.5 Å². The van der Waals surface area contributed by atoms with Gasteiger partial charge in [-0.1, -0.05) is 6.92 Å². The normalized spacial score (nSPS) is 12.9. The van der Waals surface area contributed by atoms with Gasteiger partial charge in [0, 0.05) is 6.54 Å². The van der Waals surface area contributed by atoms with Gasteiger partial charge in [0.25, 0.3) is 0 Å². The Hall–Kier alpha value is -1.31. The summed E-state index contributed by atoms with van der Waals surface area (Å²) in [6.45, 7) is 2.12. The van der Waals surface area contributed by atoms with Crippen LogP contribution in [0.4, 0.5) is 13.2 Å². The summed E-state index contributed by atoms with van der Waals surface area (Å²) in [5.41, 5.74) is 0. The second-order valence-electron chi connectivity index (χ2n) is 3.80. The van der Waals surface area contributed by atoms with Gasteiger partial charge < -0.3 is 16.0 Å². The summed E-state index contributed by atoms with van der Waals surface area (Å²) >= 11 is 0. The van der Waals surface area contributed by atoms with Crippen LogP contribution in [0.2, 0.25) is 0 Å². The van der Waals surface area contributed by atoms with Crippen LogP contribution in [-0.2, 0) is 9.59 Å². The molecule has 1 unspecified atom stereocenters. The lowest BCUT2D eigenvalue weighted by atomic mass is 10.3. The summed E-state index contributed by atoms with van der Waals surface area (Å²) in [6, 6.07) is -0.767. The van der Waals surface area contributed by atoms with Crippen molar-refractivity contribution in [1.82, 2.24) is 16.0 Å². The van der Waals surface area contributed by atoms with Crippen LogP contribution in [0.15, 0.2) is 0 Å². The van der Waals surface area contributed by atoms with Crippen LogP contribution in [0.5, 0.6) is 0 Å². The highest BCUT2D eigenvalue weighted by molar-refractivity contribution is 5.87. The number of alkyl halides is 3. The Kier molecular flexibility index (Phi) is 7.33. The summed E-state index contributed by atoms with van der Waals surface area (Å²) in [5.74, 6) is -1.01. The fourth-order valence-corrected chi connectivity index (χ4v) is 1.08. The predicted octanol–water partition coefficient (Wildman–Crippen LogP) is 0.169. The molecule has 0 fully saturated rings. The zero-order valence-corrected chi connectivity index (χ0v) is 10.4. The maximum absolute atomic E-state index is 11.8. The SMILES string of the molecule is CCCNC(=O)C(C)NC(=O)CNCC(F)(F)F. The first-order chi connectivity index (χ1) is 8.26. The molecule has 0 aliphatic heterocycles. The van der Waals surface area contributed by atoms with Crippen molar-refractivity contribution in [2.75, 3.05) is 19.6 Å². The van der Waals surface area contributed by atoms with Gasteiger partial charge in [0.1, 0.15) is 6.04 Å². The largest absolute Gasteiger partial charge is 0.401 e. The van der Waals surface area contributed by atoms with Crippen LogP contribution in [0.1, 0.15) is 20.3 Å². The Morgan fingerprint density at radius 2 is 1.89 bits per heavy atom. The number of hydrogen-bond acceptors (Lipinski definition) is 3. The zero-order chi connectivity index (χ0) is 14.2. The number of amides is 2. The number of nitrogens with one attached hydrogen (secondary N) is 3. The molecule has 0 radical (unpaired) electrons. The van der Waals surface area contributed by atoms with Gasteiger partial charge in [-0.05, 0) is 13.3 Å². The quantitative estimate of drug-likeness (QED) is 0.617. The minimum Gasteiger partial charge on any atom is -0.354 e. The first-order valence-electron chi connectivity index (χ1n) is 5.60. The summed E-state index contributed by atoms with van der Waals surface area (Å²) < 4.78 is 35.3. The van der Waals surface area contributed by atoms with E-state index in [1.54, 1.807) is 0 Å². The molecule has 0 heterocycles. The standard InChI is InChI=1S/C10H18F3N3O2/c1-3-4-15-9(18)7(2)16-8(17)5-14-6-10(11,12)13/h7,14H,3-6H2,1-2H3,(H,15,18)(H,16,17). The highest BCUT2D eigenvalue weighted by Gasteiger charge is 2.26. The van der Waals surface area contributed by atoms with E-state index in [4.69, 9.17) is 0 Å². The van der Waals surface area contributed by atoms with Crippen molar-refractivity contribution in [1.29, 1.82) is 0 Å². The molecule has 0 aromatic heterocycles. The Morgan fingerprint density at radius 3 is 2.39 bits per heavy atom. The van der Waals surface area contributed by atoms with E-state index in [9.17, 15) is 22.8 Å². The van der Waals surface area contributed by atoms with E-state index in [2.05, 4.69) is 10.6 Å². The van der Waals surface area contributed by atoms with E-state index >= 15 is 0 Å². The molecular formula is C10H18F3N3O2. The minimum atomic E-state index is -4.36. The first-order valence-corrected chi connectivity index (χ1v) is 5.60. The van der Waals surface area contributed by atoms with E-state index in [1.807, 2.05) is 12.2 Å².